The third kappa shape index (κ3) is 2.23. The van der Waals surface area contributed by atoms with Gasteiger partial charge in [-0.15, -0.1) is 11.6 Å². The number of anilines is 1. The van der Waals surface area contributed by atoms with E-state index in [0.29, 0.717) is 24.7 Å². The van der Waals surface area contributed by atoms with E-state index in [-0.39, 0.29) is 11.8 Å². The number of carbonyl (C=O) groups is 1. The lowest BCUT2D eigenvalue weighted by atomic mass is 10.1. The van der Waals surface area contributed by atoms with E-state index < -0.39 is 0 Å². The summed E-state index contributed by atoms with van der Waals surface area (Å²) >= 11 is 9.22. The maximum atomic E-state index is 11.8. The fourth-order valence-corrected chi connectivity index (χ4v) is 2.70. The van der Waals surface area contributed by atoms with Crippen molar-refractivity contribution in [1.29, 1.82) is 0 Å². The average molecular weight is 304 g/mol. The zero-order valence-corrected chi connectivity index (χ0v) is 11.3. The molecule has 16 heavy (non-hydrogen) atoms. The number of carbonyl (C=O) groups excluding carboxylic acids is 1. The monoisotopic (exact) mass is 302 g/mol. The first kappa shape index (κ1) is 11.9. The average Bonchev–Trinajstić information content (AvgIpc) is 2.60. The Kier molecular flexibility index (Phi) is 3.50. The number of nitrogens with zero attached hydrogens (tertiary/aromatic N) is 2. The summed E-state index contributed by atoms with van der Waals surface area (Å²) in [5.41, 5.74) is 1.07. The Morgan fingerprint density at radius 1 is 1.69 bits per heavy atom. The largest absolute Gasteiger partial charge is 0.296 e. The van der Waals surface area contributed by atoms with E-state index in [9.17, 15) is 4.79 Å². The standard InChI is InChI=1S/C11H12BrClN2O/c1-7-2-9(12)11(14-5-7)15-6-8(4-13)3-10(15)16/h2,5,8H,3-4,6H2,1H3. The van der Waals surface area contributed by atoms with Crippen molar-refractivity contribution in [2.45, 2.75) is 13.3 Å². The van der Waals surface area contributed by atoms with Gasteiger partial charge >= 0.3 is 0 Å². The van der Waals surface area contributed by atoms with Crippen LogP contribution in [0.25, 0.3) is 0 Å². The molecule has 1 aliphatic heterocycles. The van der Waals surface area contributed by atoms with Crippen LogP contribution in [0, 0.1) is 12.8 Å². The fourth-order valence-electron chi connectivity index (χ4n) is 1.81. The smallest absolute Gasteiger partial charge is 0.228 e. The van der Waals surface area contributed by atoms with Crippen molar-refractivity contribution in [3.05, 3.63) is 22.3 Å². The molecule has 1 amide bonds. The van der Waals surface area contributed by atoms with E-state index in [1.807, 2.05) is 13.0 Å². The van der Waals surface area contributed by atoms with Gasteiger partial charge in [-0.25, -0.2) is 4.98 Å². The van der Waals surface area contributed by atoms with Gasteiger partial charge < -0.3 is 0 Å². The molecule has 1 aromatic rings. The number of aryl methyl sites for hydroxylation is 1. The number of amides is 1. The van der Waals surface area contributed by atoms with Gasteiger partial charge in [0.2, 0.25) is 5.91 Å². The van der Waals surface area contributed by atoms with E-state index in [1.165, 1.54) is 0 Å². The summed E-state index contributed by atoms with van der Waals surface area (Å²) in [7, 11) is 0. The van der Waals surface area contributed by atoms with Crippen LogP contribution in [0.15, 0.2) is 16.7 Å². The zero-order valence-electron chi connectivity index (χ0n) is 8.91. The van der Waals surface area contributed by atoms with E-state index >= 15 is 0 Å². The number of aromatic nitrogens is 1. The van der Waals surface area contributed by atoms with Crippen LogP contribution in [0.2, 0.25) is 0 Å². The number of pyridine rings is 1. The Balaban J connectivity index is 2.28. The molecule has 1 unspecified atom stereocenters. The number of hydrogen-bond donors (Lipinski definition) is 0. The molecule has 86 valence electrons. The Hall–Kier alpha value is -0.610. The first-order valence-electron chi connectivity index (χ1n) is 5.10. The summed E-state index contributed by atoms with van der Waals surface area (Å²) in [4.78, 5) is 17.8. The Morgan fingerprint density at radius 3 is 3.00 bits per heavy atom. The van der Waals surface area contributed by atoms with Gasteiger partial charge in [0.15, 0.2) is 0 Å². The van der Waals surface area contributed by atoms with Gasteiger partial charge in [0.25, 0.3) is 0 Å². The molecule has 0 bridgehead atoms. The minimum absolute atomic E-state index is 0.0997. The SMILES string of the molecule is Cc1cnc(N2CC(CCl)CC2=O)c(Br)c1. The van der Waals surface area contributed by atoms with E-state index in [2.05, 4.69) is 20.9 Å². The van der Waals surface area contributed by atoms with Crippen molar-refractivity contribution in [1.82, 2.24) is 4.98 Å². The zero-order chi connectivity index (χ0) is 11.7. The van der Waals surface area contributed by atoms with Gasteiger partial charge in [-0.05, 0) is 40.4 Å². The van der Waals surface area contributed by atoms with Crippen LogP contribution in [0.1, 0.15) is 12.0 Å². The molecule has 0 aliphatic carbocycles. The second kappa shape index (κ2) is 4.72. The normalized spacial score (nSPS) is 20.6. The summed E-state index contributed by atoms with van der Waals surface area (Å²) < 4.78 is 0.857. The molecule has 0 spiro atoms. The molecule has 5 heteroatoms. The predicted molar refractivity (Wildman–Crippen MR) is 67.9 cm³/mol. The predicted octanol–water partition coefficient (Wildman–Crippen LogP) is 2.74. The first-order chi connectivity index (χ1) is 7.61. The van der Waals surface area contributed by atoms with Crippen LogP contribution in [0.3, 0.4) is 0 Å². The summed E-state index contributed by atoms with van der Waals surface area (Å²) in [6, 6.07) is 1.96. The van der Waals surface area contributed by atoms with Crippen LogP contribution < -0.4 is 4.90 Å². The molecule has 2 heterocycles. The first-order valence-corrected chi connectivity index (χ1v) is 6.43. The van der Waals surface area contributed by atoms with Crippen LogP contribution in [-0.4, -0.2) is 23.3 Å². The number of halogens is 2. The summed E-state index contributed by atoms with van der Waals surface area (Å²) in [6.45, 7) is 2.63. The minimum atomic E-state index is 0.0997. The quantitative estimate of drug-likeness (QED) is 0.787. The second-order valence-corrected chi connectivity index (χ2v) is 5.21. The molecule has 2 rings (SSSR count). The van der Waals surface area contributed by atoms with Crippen molar-refractivity contribution < 1.29 is 4.79 Å². The number of hydrogen-bond acceptors (Lipinski definition) is 2. The number of alkyl halides is 1. The van der Waals surface area contributed by atoms with Gasteiger partial charge in [-0.3, -0.25) is 9.69 Å². The highest BCUT2D eigenvalue weighted by atomic mass is 79.9. The molecule has 0 aromatic carbocycles. The molecular weight excluding hydrogens is 291 g/mol. The molecule has 1 aliphatic rings. The lowest BCUT2D eigenvalue weighted by molar-refractivity contribution is -0.117. The molecule has 0 N–H and O–H groups in total. The van der Waals surface area contributed by atoms with E-state index in [4.69, 9.17) is 11.6 Å². The Labute approximate surface area is 108 Å². The van der Waals surface area contributed by atoms with Gasteiger partial charge in [0.1, 0.15) is 5.82 Å². The summed E-state index contributed by atoms with van der Waals surface area (Å²) in [5, 5.41) is 0. The molecule has 0 radical (unpaired) electrons. The van der Waals surface area contributed by atoms with Gasteiger partial charge in [-0.1, -0.05) is 0 Å². The molecular formula is C11H12BrClN2O. The summed E-state index contributed by atoms with van der Waals surface area (Å²) in [5.74, 6) is 1.56. The van der Waals surface area contributed by atoms with E-state index in [1.54, 1.807) is 11.1 Å². The molecule has 0 saturated carbocycles. The van der Waals surface area contributed by atoms with Crippen molar-refractivity contribution in [2.75, 3.05) is 17.3 Å². The van der Waals surface area contributed by atoms with Crippen molar-refractivity contribution in [3.63, 3.8) is 0 Å². The maximum Gasteiger partial charge on any atom is 0.228 e. The lowest BCUT2D eigenvalue weighted by Crippen LogP contribution is -2.26. The maximum absolute atomic E-state index is 11.8. The lowest BCUT2D eigenvalue weighted by Gasteiger charge is -2.16. The highest BCUT2D eigenvalue weighted by molar-refractivity contribution is 9.10. The molecule has 1 fully saturated rings. The molecule has 1 saturated heterocycles. The van der Waals surface area contributed by atoms with Gasteiger partial charge in [-0.2, -0.15) is 0 Å². The van der Waals surface area contributed by atoms with E-state index in [0.717, 1.165) is 10.0 Å². The third-order valence-electron chi connectivity index (χ3n) is 2.64. The molecule has 3 nitrogen and oxygen atoms in total. The topological polar surface area (TPSA) is 33.2 Å². The second-order valence-electron chi connectivity index (χ2n) is 4.05. The Bertz CT molecular complexity index is 424. The van der Waals surface area contributed by atoms with Crippen LogP contribution in [0.4, 0.5) is 5.82 Å². The van der Waals surface area contributed by atoms with Crippen molar-refractivity contribution in [2.24, 2.45) is 5.92 Å². The molecule has 1 atom stereocenters. The molecule has 1 aromatic heterocycles. The van der Waals surface area contributed by atoms with Crippen molar-refractivity contribution >= 4 is 39.3 Å². The van der Waals surface area contributed by atoms with Crippen LogP contribution in [-0.2, 0) is 4.79 Å². The minimum Gasteiger partial charge on any atom is -0.296 e. The fraction of sp³-hybridized carbons (Fsp3) is 0.455. The third-order valence-corrected chi connectivity index (χ3v) is 3.66. The summed E-state index contributed by atoms with van der Waals surface area (Å²) in [6.07, 6.45) is 2.28. The Morgan fingerprint density at radius 2 is 2.44 bits per heavy atom. The van der Waals surface area contributed by atoms with Crippen LogP contribution >= 0.6 is 27.5 Å². The highest BCUT2D eigenvalue weighted by Gasteiger charge is 2.31. The number of rotatable bonds is 2. The van der Waals surface area contributed by atoms with Gasteiger partial charge in [0.05, 0.1) is 4.47 Å². The van der Waals surface area contributed by atoms with Gasteiger partial charge in [0, 0.05) is 25.0 Å². The highest BCUT2D eigenvalue weighted by Crippen LogP contribution is 2.30. The van der Waals surface area contributed by atoms with Crippen LogP contribution in [0.5, 0.6) is 0 Å². The van der Waals surface area contributed by atoms with Crippen molar-refractivity contribution in [3.8, 4) is 0 Å².